The average Bonchev–Trinajstić information content (AvgIpc) is 1.88. The lowest BCUT2D eigenvalue weighted by Gasteiger charge is -2.07. The zero-order valence-corrected chi connectivity index (χ0v) is 5.00. The Labute approximate surface area is 54.8 Å². The average molecular weight is 121 g/mol. The van der Waals surface area contributed by atoms with Gasteiger partial charge in [0.25, 0.3) is 0 Å². The van der Waals surface area contributed by atoms with Crippen LogP contribution in [0.25, 0.3) is 0 Å². The highest BCUT2D eigenvalue weighted by Gasteiger charge is 1.92. The molecule has 0 rings (SSSR count). The molecule has 0 saturated heterocycles. The lowest BCUT2D eigenvalue weighted by atomic mass is 10.5. The van der Waals surface area contributed by atoms with Gasteiger partial charge in [-0.05, 0) is 0 Å². The summed E-state index contributed by atoms with van der Waals surface area (Å²) in [5, 5.41) is 0. The van der Waals surface area contributed by atoms with Crippen molar-refractivity contribution in [2.24, 2.45) is 0 Å². The van der Waals surface area contributed by atoms with Crippen LogP contribution in [0.3, 0.4) is 0 Å². The van der Waals surface area contributed by atoms with Crippen LogP contribution in [0.1, 0.15) is 0 Å². The Morgan fingerprint density at radius 3 is 2.00 bits per heavy atom. The standard InChI is InChI=1S/C7H7NO/c1-3-5-8(7-9)6-4-2/h1-2,7H,5-6H2. The molecule has 9 heavy (non-hydrogen) atoms. The molecule has 0 radical (unpaired) electrons. The van der Waals surface area contributed by atoms with Crippen molar-refractivity contribution in [1.29, 1.82) is 0 Å². The number of hydrogen-bond donors (Lipinski definition) is 0. The summed E-state index contributed by atoms with van der Waals surface area (Å²) >= 11 is 0. The summed E-state index contributed by atoms with van der Waals surface area (Å²) in [6, 6.07) is 0. The van der Waals surface area contributed by atoms with Gasteiger partial charge in [0, 0.05) is 0 Å². The maximum absolute atomic E-state index is 10.0. The molecule has 1 amide bonds. The first-order chi connectivity index (χ1) is 4.35. The number of terminal acetylenes is 2. The van der Waals surface area contributed by atoms with Crippen LogP contribution in [-0.4, -0.2) is 24.4 Å². The van der Waals surface area contributed by atoms with E-state index in [0.29, 0.717) is 6.41 Å². The first-order valence-electron chi connectivity index (χ1n) is 2.41. The van der Waals surface area contributed by atoms with Gasteiger partial charge < -0.3 is 4.90 Å². The number of carbonyl (C=O) groups excluding carboxylic acids is 1. The third-order valence-corrected chi connectivity index (χ3v) is 0.738. The first kappa shape index (κ1) is 7.59. The molecule has 0 aromatic heterocycles. The number of nitrogens with zero attached hydrogens (tertiary/aromatic N) is 1. The van der Waals surface area contributed by atoms with Gasteiger partial charge in [-0.2, -0.15) is 0 Å². The SMILES string of the molecule is C#CCN(C=O)CC#C. The molecule has 0 bridgehead atoms. The summed E-state index contributed by atoms with van der Waals surface area (Å²) in [4.78, 5) is 11.4. The van der Waals surface area contributed by atoms with Crippen molar-refractivity contribution in [3.05, 3.63) is 0 Å². The zero-order valence-electron chi connectivity index (χ0n) is 5.00. The van der Waals surface area contributed by atoms with Crippen LogP contribution in [0, 0.1) is 24.7 Å². The quantitative estimate of drug-likeness (QED) is 0.371. The summed E-state index contributed by atoms with van der Waals surface area (Å²) in [7, 11) is 0. The minimum atomic E-state index is 0.285. The minimum Gasteiger partial charge on any atom is -0.323 e. The fourth-order valence-electron chi connectivity index (χ4n) is 0.365. The maximum Gasteiger partial charge on any atom is 0.211 e. The lowest BCUT2D eigenvalue weighted by molar-refractivity contribution is -0.117. The number of carbonyl (C=O) groups is 1. The maximum atomic E-state index is 10.0. The Bertz CT molecular complexity index is 145. The second kappa shape index (κ2) is 4.74. The van der Waals surface area contributed by atoms with Gasteiger partial charge >= 0.3 is 0 Å². The van der Waals surface area contributed by atoms with E-state index in [4.69, 9.17) is 12.8 Å². The van der Waals surface area contributed by atoms with Crippen molar-refractivity contribution >= 4 is 6.41 Å². The molecule has 2 nitrogen and oxygen atoms in total. The number of amides is 1. The van der Waals surface area contributed by atoms with E-state index in [-0.39, 0.29) is 13.1 Å². The van der Waals surface area contributed by atoms with Crippen molar-refractivity contribution < 1.29 is 4.79 Å². The lowest BCUT2D eigenvalue weighted by Crippen LogP contribution is -2.22. The molecule has 0 N–H and O–H groups in total. The van der Waals surface area contributed by atoms with Gasteiger partial charge in [-0.25, -0.2) is 0 Å². The summed E-state index contributed by atoms with van der Waals surface area (Å²) in [6.07, 6.45) is 10.5. The minimum absolute atomic E-state index is 0.285. The highest BCUT2D eigenvalue weighted by Crippen LogP contribution is 1.76. The molecule has 0 aromatic rings. The molecular formula is C7H7NO. The van der Waals surface area contributed by atoms with Crippen LogP contribution < -0.4 is 0 Å². The normalized spacial score (nSPS) is 6.89. The smallest absolute Gasteiger partial charge is 0.211 e. The Kier molecular flexibility index (Phi) is 4.00. The molecule has 0 aliphatic rings. The predicted molar refractivity (Wildman–Crippen MR) is 35.3 cm³/mol. The molecule has 0 spiro atoms. The fraction of sp³-hybridized carbons (Fsp3) is 0.286. The number of hydrogen-bond acceptors (Lipinski definition) is 1. The number of rotatable bonds is 3. The van der Waals surface area contributed by atoms with Crippen LogP contribution in [0.15, 0.2) is 0 Å². The monoisotopic (exact) mass is 121 g/mol. The highest BCUT2D eigenvalue weighted by atomic mass is 16.1. The van der Waals surface area contributed by atoms with Gasteiger partial charge in [0.05, 0.1) is 13.1 Å². The molecule has 0 atom stereocenters. The second-order valence-electron chi connectivity index (χ2n) is 1.42. The molecule has 0 unspecified atom stereocenters. The van der Waals surface area contributed by atoms with E-state index in [9.17, 15) is 4.79 Å². The zero-order chi connectivity index (χ0) is 7.11. The first-order valence-corrected chi connectivity index (χ1v) is 2.41. The van der Waals surface area contributed by atoms with Crippen LogP contribution >= 0.6 is 0 Å². The summed E-state index contributed by atoms with van der Waals surface area (Å²) in [5.41, 5.74) is 0. The third-order valence-electron chi connectivity index (χ3n) is 0.738. The van der Waals surface area contributed by atoms with Crippen LogP contribution in [0.4, 0.5) is 0 Å². The van der Waals surface area contributed by atoms with Gasteiger partial charge in [0.1, 0.15) is 0 Å². The molecule has 0 fully saturated rings. The Hall–Kier alpha value is -1.41. The van der Waals surface area contributed by atoms with E-state index in [0.717, 1.165) is 0 Å². The predicted octanol–water partition coefficient (Wildman–Crippen LogP) is -0.289. The van der Waals surface area contributed by atoms with Crippen molar-refractivity contribution in [3.8, 4) is 24.7 Å². The van der Waals surface area contributed by atoms with Crippen molar-refractivity contribution in [2.45, 2.75) is 0 Å². The Morgan fingerprint density at radius 2 is 1.78 bits per heavy atom. The summed E-state index contributed by atoms with van der Waals surface area (Å²) in [5.74, 6) is 4.61. The summed E-state index contributed by atoms with van der Waals surface area (Å²) < 4.78 is 0. The van der Waals surface area contributed by atoms with E-state index in [2.05, 4.69) is 11.8 Å². The molecule has 0 aliphatic heterocycles. The Morgan fingerprint density at radius 1 is 1.33 bits per heavy atom. The van der Waals surface area contributed by atoms with E-state index < -0.39 is 0 Å². The van der Waals surface area contributed by atoms with Gasteiger partial charge in [-0.1, -0.05) is 11.8 Å². The molecule has 0 aromatic carbocycles. The van der Waals surface area contributed by atoms with E-state index in [1.807, 2.05) is 0 Å². The van der Waals surface area contributed by atoms with Crippen molar-refractivity contribution in [2.75, 3.05) is 13.1 Å². The fourth-order valence-corrected chi connectivity index (χ4v) is 0.365. The molecule has 0 heterocycles. The van der Waals surface area contributed by atoms with Crippen LogP contribution in [-0.2, 0) is 4.79 Å². The van der Waals surface area contributed by atoms with E-state index in [1.54, 1.807) is 0 Å². The molecule has 2 heteroatoms. The van der Waals surface area contributed by atoms with Crippen molar-refractivity contribution in [1.82, 2.24) is 4.90 Å². The molecule has 0 aliphatic carbocycles. The van der Waals surface area contributed by atoms with Crippen LogP contribution in [0.2, 0.25) is 0 Å². The van der Waals surface area contributed by atoms with Gasteiger partial charge in [-0.3, -0.25) is 4.79 Å². The van der Waals surface area contributed by atoms with Gasteiger partial charge in [-0.15, -0.1) is 12.8 Å². The largest absolute Gasteiger partial charge is 0.323 e. The van der Waals surface area contributed by atoms with Gasteiger partial charge in [0.15, 0.2) is 0 Å². The second-order valence-corrected chi connectivity index (χ2v) is 1.42. The van der Waals surface area contributed by atoms with Crippen LogP contribution in [0.5, 0.6) is 0 Å². The summed E-state index contributed by atoms with van der Waals surface area (Å²) in [6.45, 7) is 0.571. The van der Waals surface area contributed by atoms with Gasteiger partial charge in [0.2, 0.25) is 6.41 Å². The molecular weight excluding hydrogens is 114 g/mol. The Balaban J connectivity index is 3.60. The third kappa shape index (κ3) is 3.20. The molecule has 0 saturated carbocycles. The molecule has 46 valence electrons. The topological polar surface area (TPSA) is 20.3 Å². The highest BCUT2D eigenvalue weighted by molar-refractivity contribution is 5.48. The van der Waals surface area contributed by atoms with E-state index >= 15 is 0 Å². The van der Waals surface area contributed by atoms with Crippen molar-refractivity contribution in [3.63, 3.8) is 0 Å². The van der Waals surface area contributed by atoms with E-state index in [1.165, 1.54) is 4.90 Å².